The topological polar surface area (TPSA) is 90.1 Å². The van der Waals surface area contributed by atoms with Gasteiger partial charge in [-0.05, 0) is 36.8 Å². The van der Waals surface area contributed by atoms with Gasteiger partial charge in [-0.2, -0.15) is 0 Å². The summed E-state index contributed by atoms with van der Waals surface area (Å²) in [5.41, 5.74) is 1.41. The van der Waals surface area contributed by atoms with Gasteiger partial charge in [0, 0.05) is 23.5 Å². The number of carboxylic acids is 1. The molecule has 0 aliphatic heterocycles. The third-order valence-corrected chi connectivity index (χ3v) is 4.24. The molecule has 1 aromatic carbocycles. The van der Waals surface area contributed by atoms with E-state index in [4.69, 9.17) is 16.3 Å². The second-order valence-electron chi connectivity index (χ2n) is 5.55. The zero-order valence-corrected chi connectivity index (χ0v) is 15.0. The second kappa shape index (κ2) is 7.53. The highest BCUT2D eigenvalue weighted by molar-refractivity contribution is 6.32. The third kappa shape index (κ3) is 3.39. The minimum atomic E-state index is -0.973. The lowest BCUT2D eigenvalue weighted by Crippen LogP contribution is -2.20. The number of methoxy groups -OCH3 is 1. The molecular formula is C18H17ClN4O3. The van der Waals surface area contributed by atoms with Gasteiger partial charge in [-0.25, -0.2) is 14.5 Å². The third-order valence-electron chi connectivity index (χ3n) is 3.95. The van der Waals surface area contributed by atoms with E-state index in [1.165, 1.54) is 11.8 Å². The zero-order valence-electron chi connectivity index (χ0n) is 14.3. The molecule has 3 rings (SSSR count). The average molecular weight is 373 g/mol. The van der Waals surface area contributed by atoms with Crippen molar-refractivity contribution in [1.82, 2.24) is 19.7 Å². The summed E-state index contributed by atoms with van der Waals surface area (Å²) in [6.07, 6.45) is 3.63. The molecule has 2 heterocycles. The van der Waals surface area contributed by atoms with Gasteiger partial charge < -0.3 is 9.84 Å². The summed E-state index contributed by atoms with van der Waals surface area (Å²) in [4.78, 5) is 20.2. The Morgan fingerprint density at radius 2 is 2.00 bits per heavy atom. The number of ether oxygens (including phenoxy) is 1. The van der Waals surface area contributed by atoms with Crippen LogP contribution in [0.5, 0.6) is 5.75 Å². The van der Waals surface area contributed by atoms with E-state index in [0.29, 0.717) is 34.4 Å². The normalized spacial score (nSPS) is 12.0. The van der Waals surface area contributed by atoms with Crippen LogP contribution in [0.2, 0.25) is 5.02 Å². The van der Waals surface area contributed by atoms with Gasteiger partial charge in [0.25, 0.3) is 0 Å². The van der Waals surface area contributed by atoms with Crippen molar-refractivity contribution in [2.75, 3.05) is 7.11 Å². The Kier molecular flexibility index (Phi) is 5.18. The quantitative estimate of drug-likeness (QED) is 0.709. The molecule has 0 saturated carbocycles. The Morgan fingerprint density at radius 3 is 2.58 bits per heavy atom. The van der Waals surface area contributed by atoms with E-state index >= 15 is 0 Å². The fraction of sp³-hybridized carbons (Fsp3) is 0.222. The first kappa shape index (κ1) is 17.9. The van der Waals surface area contributed by atoms with Gasteiger partial charge in [-0.3, -0.25) is 4.98 Å². The molecule has 1 N–H and O–H groups in total. The van der Waals surface area contributed by atoms with Gasteiger partial charge in [0.05, 0.1) is 12.1 Å². The molecule has 7 nitrogen and oxygen atoms in total. The molecule has 0 saturated heterocycles. The smallest absolute Gasteiger partial charge is 0.328 e. The van der Waals surface area contributed by atoms with Crippen LogP contribution in [0.4, 0.5) is 0 Å². The molecule has 1 unspecified atom stereocenters. The Balaban J connectivity index is 2.17. The number of hydrogen-bond acceptors (Lipinski definition) is 5. The van der Waals surface area contributed by atoms with Gasteiger partial charge in [-0.15, -0.1) is 5.10 Å². The van der Waals surface area contributed by atoms with Crippen molar-refractivity contribution < 1.29 is 14.6 Å². The van der Waals surface area contributed by atoms with Crippen molar-refractivity contribution in [1.29, 1.82) is 0 Å². The highest BCUT2D eigenvalue weighted by atomic mass is 35.5. The number of pyridine rings is 1. The number of aliphatic carboxylic acids is 1. The Labute approximate surface area is 155 Å². The number of hydrogen-bond donors (Lipinski definition) is 1. The summed E-state index contributed by atoms with van der Waals surface area (Å²) in [5.74, 6) is 0.408. The maximum Gasteiger partial charge on any atom is 0.328 e. The summed E-state index contributed by atoms with van der Waals surface area (Å²) >= 11 is 6.22. The molecule has 0 aliphatic carbocycles. The van der Waals surface area contributed by atoms with E-state index in [2.05, 4.69) is 15.1 Å². The summed E-state index contributed by atoms with van der Waals surface area (Å²) in [6.45, 7) is 1.79. The predicted molar refractivity (Wildman–Crippen MR) is 97.2 cm³/mol. The molecular weight excluding hydrogens is 356 g/mol. The Morgan fingerprint density at radius 1 is 1.27 bits per heavy atom. The SMILES string of the molecule is CCC(C(=O)O)n1nc(-c2ccncc2)nc1-c1ccc(OC)c(Cl)c1. The average Bonchev–Trinajstić information content (AvgIpc) is 3.07. The lowest BCUT2D eigenvalue weighted by Gasteiger charge is -2.13. The Hall–Kier alpha value is -2.93. The van der Waals surface area contributed by atoms with Crippen molar-refractivity contribution in [2.24, 2.45) is 0 Å². The van der Waals surface area contributed by atoms with E-state index in [1.807, 2.05) is 0 Å². The number of halogens is 1. The van der Waals surface area contributed by atoms with Crippen LogP contribution in [0.25, 0.3) is 22.8 Å². The molecule has 0 spiro atoms. The highest BCUT2D eigenvalue weighted by Gasteiger charge is 2.25. The molecule has 26 heavy (non-hydrogen) atoms. The molecule has 1 atom stereocenters. The van der Waals surface area contributed by atoms with Gasteiger partial charge in [0.15, 0.2) is 17.7 Å². The fourth-order valence-corrected chi connectivity index (χ4v) is 2.88. The number of aromatic nitrogens is 4. The number of carbonyl (C=O) groups is 1. The van der Waals surface area contributed by atoms with Crippen molar-refractivity contribution in [3.05, 3.63) is 47.7 Å². The molecule has 0 amide bonds. The van der Waals surface area contributed by atoms with E-state index < -0.39 is 12.0 Å². The van der Waals surface area contributed by atoms with Gasteiger partial charge in [0.1, 0.15) is 5.75 Å². The summed E-state index contributed by atoms with van der Waals surface area (Å²) < 4.78 is 6.60. The number of nitrogens with zero attached hydrogens (tertiary/aromatic N) is 4. The largest absolute Gasteiger partial charge is 0.495 e. The molecule has 3 aromatic rings. The van der Waals surface area contributed by atoms with Crippen LogP contribution in [-0.4, -0.2) is 37.9 Å². The number of rotatable bonds is 6. The first-order chi connectivity index (χ1) is 12.5. The molecule has 0 radical (unpaired) electrons. The van der Waals surface area contributed by atoms with Crippen LogP contribution < -0.4 is 4.74 Å². The van der Waals surface area contributed by atoms with Crippen LogP contribution in [0, 0.1) is 0 Å². The first-order valence-electron chi connectivity index (χ1n) is 7.98. The highest BCUT2D eigenvalue weighted by Crippen LogP contribution is 2.32. The van der Waals surface area contributed by atoms with Gasteiger partial charge >= 0.3 is 5.97 Å². The fourth-order valence-electron chi connectivity index (χ4n) is 2.62. The van der Waals surface area contributed by atoms with Crippen LogP contribution in [-0.2, 0) is 4.79 Å². The number of benzene rings is 1. The summed E-state index contributed by atoms with van der Waals surface area (Å²) in [6, 6.07) is 7.87. The molecule has 0 bridgehead atoms. The van der Waals surface area contributed by atoms with Crippen molar-refractivity contribution >= 4 is 17.6 Å². The molecule has 134 valence electrons. The molecule has 2 aromatic heterocycles. The zero-order chi connectivity index (χ0) is 18.7. The molecule has 0 fully saturated rings. The standard InChI is InChI=1S/C18H17ClN4O3/c1-3-14(18(24)25)23-17(12-4-5-15(26-2)13(19)10-12)21-16(22-23)11-6-8-20-9-7-11/h4-10,14H,3H2,1-2H3,(H,24,25). The van der Waals surface area contributed by atoms with E-state index in [9.17, 15) is 9.90 Å². The van der Waals surface area contributed by atoms with Crippen LogP contribution in [0.3, 0.4) is 0 Å². The summed E-state index contributed by atoms with van der Waals surface area (Å²) in [5, 5.41) is 14.4. The van der Waals surface area contributed by atoms with Crippen molar-refractivity contribution in [3.63, 3.8) is 0 Å². The van der Waals surface area contributed by atoms with Gasteiger partial charge in [0.2, 0.25) is 0 Å². The summed E-state index contributed by atoms with van der Waals surface area (Å²) in [7, 11) is 1.53. The van der Waals surface area contributed by atoms with E-state index in [0.717, 1.165) is 5.56 Å². The maximum absolute atomic E-state index is 11.7. The number of carboxylic acid groups (broad SMARTS) is 1. The predicted octanol–water partition coefficient (Wildman–Crippen LogP) is 3.70. The lowest BCUT2D eigenvalue weighted by atomic mass is 10.1. The van der Waals surface area contributed by atoms with Crippen molar-refractivity contribution in [2.45, 2.75) is 19.4 Å². The molecule has 0 aliphatic rings. The molecule has 8 heteroatoms. The van der Waals surface area contributed by atoms with Gasteiger partial charge in [-0.1, -0.05) is 18.5 Å². The maximum atomic E-state index is 11.7. The van der Waals surface area contributed by atoms with Crippen molar-refractivity contribution in [3.8, 4) is 28.5 Å². The minimum Gasteiger partial charge on any atom is -0.495 e. The van der Waals surface area contributed by atoms with E-state index in [1.54, 1.807) is 49.6 Å². The first-order valence-corrected chi connectivity index (χ1v) is 8.36. The van der Waals surface area contributed by atoms with Crippen LogP contribution >= 0.6 is 11.6 Å². The van der Waals surface area contributed by atoms with Crippen LogP contribution in [0.15, 0.2) is 42.7 Å². The van der Waals surface area contributed by atoms with Crippen LogP contribution in [0.1, 0.15) is 19.4 Å². The second-order valence-corrected chi connectivity index (χ2v) is 5.96. The Bertz CT molecular complexity index is 927. The monoisotopic (exact) mass is 372 g/mol. The van der Waals surface area contributed by atoms with E-state index in [-0.39, 0.29) is 0 Å². The lowest BCUT2D eigenvalue weighted by molar-refractivity contribution is -0.141. The minimum absolute atomic E-state index is 0.366.